The van der Waals surface area contributed by atoms with Crippen LogP contribution in [0.25, 0.3) is 0 Å². The molecule has 17 heteroatoms. The number of carbonyl (C=O) groups is 3. The van der Waals surface area contributed by atoms with Gasteiger partial charge in [0, 0.05) is 17.1 Å². The smallest absolute Gasteiger partial charge is 1.00 e. The third kappa shape index (κ3) is 16.2. The van der Waals surface area contributed by atoms with Crippen molar-refractivity contribution in [3.63, 3.8) is 0 Å². The fraction of sp³-hybridized carbons (Fsp3) is 0. The largest absolute Gasteiger partial charge is 1.00 e. The molecule has 0 bridgehead atoms. The molecule has 3 aromatic carbocycles. The van der Waals surface area contributed by atoms with Crippen LogP contribution < -0.4 is 48.9 Å². The van der Waals surface area contributed by atoms with E-state index >= 15 is 0 Å². The molecule has 0 aliphatic heterocycles. The van der Waals surface area contributed by atoms with Crippen LogP contribution in [-0.2, 0) is 17.1 Å². The van der Waals surface area contributed by atoms with E-state index in [1.165, 1.54) is 18.8 Å². The monoisotopic (exact) mass is 880 g/mol. The number of nitrogens with one attached hydrogen (secondary N) is 6. The number of furan rings is 3. The SMILES string of the molecule is O=C(NC(=S)Nc1ccccc1)c1ccco1.O=C(NC(=S)Nc1ccccc1)c1ccco1.O=C(NC(=S)Nc1ccccc1)c1ccco1.[Br-].[Cu+]. The van der Waals surface area contributed by atoms with Gasteiger partial charge in [-0.05, 0) is 109 Å². The molecule has 0 spiro atoms. The first-order chi connectivity index (χ1) is 24.8. The van der Waals surface area contributed by atoms with Crippen molar-refractivity contribution >= 4 is 86.8 Å². The first-order valence-electron chi connectivity index (χ1n) is 14.9. The van der Waals surface area contributed by atoms with Crippen molar-refractivity contribution in [3.05, 3.63) is 163 Å². The predicted octanol–water partition coefficient (Wildman–Crippen LogP) is 4.22. The number of rotatable bonds is 6. The van der Waals surface area contributed by atoms with Crippen LogP contribution in [0.5, 0.6) is 0 Å². The van der Waals surface area contributed by atoms with E-state index in [0.29, 0.717) is 0 Å². The summed E-state index contributed by atoms with van der Waals surface area (Å²) < 4.78 is 14.8. The van der Waals surface area contributed by atoms with Gasteiger partial charge in [0.15, 0.2) is 32.6 Å². The summed E-state index contributed by atoms with van der Waals surface area (Å²) in [6, 6.07) is 37.7. The van der Waals surface area contributed by atoms with Gasteiger partial charge in [-0.2, -0.15) is 0 Å². The summed E-state index contributed by atoms with van der Waals surface area (Å²) in [5, 5.41) is 16.9. The summed E-state index contributed by atoms with van der Waals surface area (Å²) in [7, 11) is 0. The molecule has 0 aliphatic carbocycles. The molecule has 3 aromatic heterocycles. The first kappa shape index (κ1) is 43.7. The van der Waals surface area contributed by atoms with E-state index < -0.39 is 0 Å². The molecular formula is C36H30BrCuN6O6S3. The average Bonchev–Trinajstić information content (AvgIpc) is 3.95. The van der Waals surface area contributed by atoms with Crippen molar-refractivity contribution in [1.29, 1.82) is 0 Å². The van der Waals surface area contributed by atoms with Crippen molar-refractivity contribution in [1.82, 2.24) is 16.0 Å². The normalized spacial score (nSPS) is 9.28. The minimum atomic E-state index is -0.372. The molecule has 0 radical (unpaired) electrons. The van der Waals surface area contributed by atoms with Crippen LogP contribution in [0.2, 0.25) is 0 Å². The Bertz CT molecular complexity index is 1770. The number of anilines is 3. The van der Waals surface area contributed by atoms with Crippen LogP contribution in [-0.4, -0.2) is 33.1 Å². The maximum atomic E-state index is 11.6. The molecule has 0 unspecified atom stereocenters. The van der Waals surface area contributed by atoms with Gasteiger partial charge in [0.05, 0.1) is 18.8 Å². The minimum Gasteiger partial charge on any atom is -1.00 e. The summed E-state index contributed by atoms with van der Waals surface area (Å²) >= 11 is 15.0. The molecule has 12 nitrogen and oxygen atoms in total. The number of benzene rings is 3. The Morgan fingerprint density at radius 3 is 0.849 bits per heavy atom. The van der Waals surface area contributed by atoms with Crippen LogP contribution in [0.1, 0.15) is 31.7 Å². The standard InChI is InChI=1S/3C12H10N2O2S.BrH.Cu/c3*15-11(10-7-4-8-16-10)14-12(17)13-9-5-2-1-3-6-9;;/h3*1-8H,(H2,13,14,15,17);1H;/q;;;;+1/p-1. The zero-order chi connectivity index (χ0) is 36.3. The van der Waals surface area contributed by atoms with Crippen LogP contribution in [0.15, 0.2) is 159 Å². The van der Waals surface area contributed by atoms with E-state index in [0.717, 1.165) is 17.1 Å². The van der Waals surface area contributed by atoms with Gasteiger partial charge in [0.2, 0.25) is 0 Å². The van der Waals surface area contributed by atoms with Crippen molar-refractivity contribution in [3.8, 4) is 0 Å². The third-order valence-electron chi connectivity index (χ3n) is 6.01. The van der Waals surface area contributed by atoms with Gasteiger partial charge >= 0.3 is 17.1 Å². The summed E-state index contributed by atoms with van der Waals surface area (Å²) in [5.74, 6) is -0.443. The van der Waals surface area contributed by atoms with Gasteiger partial charge in [-0.3, -0.25) is 30.3 Å². The minimum absolute atomic E-state index is 0. The second-order valence-electron chi connectivity index (χ2n) is 9.75. The second kappa shape index (κ2) is 23.9. The maximum absolute atomic E-state index is 11.6. The summed E-state index contributed by atoms with van der Waals surface area (Å²) in [5.41, 5.74) is 2.45. The molecule has 0 atom stereocenters. The van der Waals surface area contributed by atoms with Gasteiger partial charge in [-0.15, -0.1) is 0 Å². The summed E-state index contributed by atoms with van der Waals surface area (Å²) in [6.07, 6.45) is 4.30. The molecule has 0 saturated carbocycles. The molecular weight excluding hydrogens is 852 g/mol. The predicted molar refractivity (Wildman–Crippen MR) is 207 cm³/mol. The number of amides is 3. The Balaban J connectivity index is 0.000000270. The fourth-order valence-corrected chi connectivity index (χ4v) is 4.40. The third-order valence-corrected chi connectivity index (χ3v) is 6.62. The zero-order valence-corrected chi connectivity index (χ0v) is 32.2. The summed E-state index contributed by atoms with van der Waals surface area (Å²) in [6.45, 7) is 0. The van der Waals surface area contributed by atoms with Gasteiger partial charge in [0.1, 0.15) is 0 Å². The fourth-order valence-electron chi connectivity index (χ4n) is 3.77. The molecule has 6 aromatic rings. The summed E-state index contributed by atoms with van der Waals surface area (Å²) in [4.78, 5) is 34.7. The van der Waals surface area contributed by atoms with E-state index in [2.05, 4.69) is 31.9 Å². The topological polar surface area (TPSA) is 163 Å². The molecule has 53 heavy (non-hydrogen) atoms. The molecule has 3 amide bonds. The molecule has 3 heterocycles. The number of hydrogen-bond donors (Lipinski definition) is 6. The Hall–Kier alpha value is -5.42. The van der Waals surface area contributed by atoms with Crippen molar-refractivity contribution in [2.45, 2.75) is 0 Å². The molecule has 6 N–H and O–H groups in total. The number of thiocarbonyl (C=S) groups is 3. The van der Waals surface area contributed by atoms with Gasteiger partial charge < -0.3 is 46.2 Å². The number of carbonyl (C=O) groups excluding carboxylic acids is 3. The Labute approximate surface area is 341 Å². The van der Waals surface area contributed by atoms with Gasteiger partial charge in [0.25, 0.3) is 17.7 Å². The number of halogens is 1. The van der Waals surface area contributed by atoms with Crippen LogP contribution in [0.3, 0.4) is 0 Å². The molecule has 0 aliphatic rings. The number of hydrogen-bond acceptors (Lipinski definition) is 9. The maximum Gasteiger partial charge on any atom is 1.00 e. The van der Waals surface area contributed by atoms with E-state index in [4.69, 9.17) is 49.9 Å². The van der Waals surface area contributed by atoms with E-state index in [-0.39, 0.29) is 84.4 Å². The van der Waals surface area contributed by atoms with Crippen molar-refractivity contribution in [2.75, 3.05) is 16.0 Å². The van der Waals surface area contributed by atoms with Gasteiger partial charge in [-0.1, -0.05) is 54.6 Å². The van der Waals surface area contributed by atoms with E-state index in [1.807, 2.05) is 91.0 Å². The van der Waals surface area contributed by atoms with E-state index in [9.17, 15) is 14.4 Å². The van der Waals surface area contributed by atoms with Crippen molar-refractivity contribution in [2.24, 2.45) is 0 Å². The molecule has 0 fully saturated rings. The molecule has 276 valence electrons. The average molecular weight is 882 g/mol. The van der Waals surface area contributed by atoms with Crippen molar-refractivity contribution < 1.29 is 61.7 Å². The van der Waals surface area contributed by atoms with E-state index in [1.54, 1.807) is 36.4 Å². The number of para-hydroxylation sites is 3. The zero-order valence-electron chi connectivity index (χ0n) is 27.2. The first-order valence-corrected chi connectivity index (χ1v) is 16.1. The van der Waals surface area contributed by atoms with Crippen LogP contribution >= 0.6 is 36.7 Å². The molecule has 0 saturated heterocycles. The van der Waals surface area contributed by atoms with Gasteiger partial charge in [-0.25, -0.2) is 0 Å². The molecule has 6 rings (SSSR count). The quantitative estimate of drug-likeness (QED) is 0.105. The Kier molecular flexibility index (Phi) is 19.8. The van der Waals surface area contributed by atoms with Crippen LogP contribution in [0.4, 0.5) is 17.1 Å². The Morgan fingerprint density at radius 1 is 0.396 bits per heavy atom. The second-order valence-corrected chi connectivity index (χ2v) is 11.0. The van der Waals surface area contributed by atoms with Crippen LogP contribution in [0, 0.1) is 0 Å². The Morgan fingerprint density at radius 2 is 0.642 bits per heavy atom.